The number of carbonyl (C=O) groups is 1. The van der Waals surface area contributed by atoms with Crippen molar-refractivity contribution >= 4 is 33.2 Å². The lowest BCUT2D eigenvalue weighted by Gasteiger charge is -2.16. The van der Waals surface area contributed by atoms with Gasteiger partial charge >= 0.3 is 0 Å². The summed E-state index contributed by atoms with van der Waals surface area (Å²) in [5.41, 5.74) is 3.21. The first-order chi connectivity index (χ1) is 9.10. The maximum absolute atomic E-state index is 12.2. The molecule has 2 rings (SSSR count). The predicted molar refractivity (Wildman–Crippen MR) is 83.6 cm³/mol. The van der Waals surface area contributed by atoms with Crippen LogP contribution in [0.5, 0.6) is 0 Å². The second-order valence-corrected chi connectivity index (χ2v) is 6.76. The number of hydrogen-bond donors (Lipinski definition) is 0. The van der Waals surface area contributed by atoms with Crippen LogP contribution < -0.4 is 0 Å². The van der Waals surface area contributed by atoms with E-state index in [2.05, 4.69) is 47.1 Å². The average molecular weight is 338 g/mol. The molecule has 0 fully saturated rings. The highest BCUT2D eigenvalue weighted by Crippen LogP contribution is 2.22. The molecule has 0 aliphatic heterocycles. The van der Waals surface area contributed by atoms with Crippen LogP contribution in [0.25, 0.3) is 0 Å². The van der Waals surface area contributed by atoms with Crippen LogP contribution in [0.2, 0.25) is 0 Å². The summed E-state index contributed by atoms with van der Waals surface area (Å²) in [6, 6.07) is 10.3. The number of hydrogen-bond acceptors (Lipinski definition) is 2. The lowest BCUT2D eigenvalue weighted by atomic mass is 10.1. The summed E-state index contributed by atoms with van der Waals surface area (Å²) >= 11 is 4.91. The van der Waals surface area contributed by atoms with Gasteiger partial charge in [-0.2, -0.15) is 0 Å². The fourth-order valence-electron chi connectivity index (χ4n) is 1.87. The molecule has 0 unspecified atom stereocenters. The Balaban J connectivity index is 2.03. The number of aryl methyl sites for hydroxylation is 1. The molecule has 0 aliphatic rings. The summed E-state index contributed by atoms with van der Waals surface area (Å²) in [7, 11) is 1.83. The average Bonchev–Trinajstić information content (AvgIpc) is 2.85. The van der Waals surface area contributed by atoms with Gasteiger partial charge in [0.1, 0.15) is 0 Å². The van der Waals surface area contributed by atoms with E-state index >= 15 is 0 Å². The molecule has 1 aromatic heterocycles. The molecule has 19 heavy (non-hydrogen) atoms. The number of halogens is 1. The molecule has 0 spiro atoms. The minimum absolute atomic E-state index is 0.0570. The largest absolute Gasteiger partial charge is 0.337 e. The highest BCUT2D eigenvalue weighted by molar-refractivity contribution is 9.11. The number of thiophene rings is 1. The zero-order valence-electron chi connectivity index (χ0n) is 11.0. The van der Waals surface area contributed by atoms with Crippen molar-refractivity contribution in [3.8, 4) is 0 Å². The van der Waals surface area contributed by atoms with E-state index in [9.17, 15) is 4.79 Å². The smallest absolute Gasteiger partial charge is 0.254 e. The van der Waals surface area contributed by atoms with Gasteiger partial charge in [-0.1, -0.05) is 31.2 Å². The van der Waals surface area contributed by atoms with Crippen molar-refractivity contribution in [2.75, 3.05) is 7.05 Å². The Morgan fingerprint density at radius 2 is 1.89 bits per heavy atom. The minimum atomic E-state index is 0.0570. The second kappa shape index (κ2) is 6.35. The third kappa shape index (κ3) is 3.67. The Labute approximate surface area is 126 Å². The fraction of sp³-hybridized carbons (Fsp3) is 0.267. The van der Waals surface area contributed by atoms with Gasteiger partial charge in [-0.05, 0) is 39.5 Å². The summed E-state index contributed by atoms with van der Waals surface area (Å²) in [5.74, 6) is 0.0570. The summed E-state index contributed by atoms with van der Waals surface area (Å²) < 4.78 is 0.983. The molecule has 1 amide bonds. The molecule has 2 aromatic rings. The van der Waals surface area contributed by atoms with Gasteiger partial charge in [-0.15, -0.1) is 11.3 Å². The zero-order valence-corrected chi connectivity index (χ0v) is 13.4. The van der Waals surface area contributed by atoms with Gasteiger partial charge in [-0.25, -0.2) is 0 Å². The van der Waals surface area contributed by atoms with Crippen molar-refractivity contribution in [2.24, 2.45) is 0 Å². The number of carbonyl (C=O) groups excluding carboxylic acids is 1. The Bertz CT molecular complexity index is 562. The lowest BCUT2D eigenvalue weighted by molar-refractivity contribution is 0.0785. The number of nitrogens with zero attached hydrogens (tertiary/aromatic N) is 1. The van der Waals surface area contributed by atoms with Crippen molar-refractivity contribution in [2.45, 2.75) is 19.9 Å². The first-order valence-electron chi connectivity index (χ1n) is 6.17. The van der Waals surface area contributed by atoms with Crippen LogP contribution in [0, 0.1) is 0 Å². The van der Waals surface area contributed by atoms with Crippen LogP contribution in [0.4, 0.5) is 0 Å². The standard InChI is InChI=1S/C15H16BrNOS/c1-3-11-4-6-12(7-5-11)9-17(2)15(18)13-8-14(16)19-10-13/h4-8,10H,3,9H2,1-2H3. The summed E-state index contributed by atoms with van der Waals surface area (Å²) in [4.78, 5) is 13.9. The Kier molecular flexibility index (Phi) is 4.77. The van der Waals surface area contributed by atoms with Crippen LogP contribution in [-0.2, 0) is 13.0 Å². The van der Waals surface area contributed by atoms with Gasteiger partial charge in [0.15, 0.2) is 0 Å². The molecule has 1 aromatic carbocycles. The SMILES string of the molecule is CCc1ccc(CN(C)C(=O)c2csc(Br)c2)cc1. The van der Waals surface area contributed by atoms with Crippen LogP contribution in [0.1, 0.15) is 28.4 Å². The van der Waals surface area contributed by atoms with E-state index in [1.807, 2.05) is 18.5 Å². The van der Waals surface area contributed by atoms with E-state index in [0.29, 0.717) is 6.54 Å². The quantitative estimate of drug-likeness (QED) is 0.812. The van der Waals surface area contributed by atoms with Gasteiger partial charge in [0.25, 0.3) is 5.91 Å². The third-order valence-corrected chi connectivity index (χ3v) is 4.52. The van der Waals surface area contributed by atoms with Crippen molar-refractivity contribution in [3.05, 3.63) is 56.2 Å². The minimum Gasteiger partial charge on any atom is -0.337 e. The molecule has 4 heteroatoms. The maximum atomic E-state index is 12.2. The molecule has 1 heterocycles. The van der Waals surface area contributed by atoms with E-state index in [0.717, 1.165) is 21.3 Å². The Hall–Kier alpha value is -1.13. The van der Waals surface area contributed by atoms with Gasteiger partial charge in [-0.3, -0.25) is 4.79 Å². The summed E-state index contributed by atoms with van der Waals surface area (Å²) in [6.07, 6.45) is 1.04. The zero-order chi connectivity index (χ0) is 13.8. The molecule has 0 saturated carbocycles. The number of benzene rings is 1. The molecule has 0 atom stereocenters. The normalized spacial score (nSPS) is 10.5. The third-order valence-electron chi connectivity index (χ3n) is 3.01. The Morgan fingerprint density at radius 1 is 1.26 bits per heavy atom. The van der Waals surface area contributed by atoms with Crippen molar-refractivity contribution in [1.82, 2.24) is 4.90 Å². The molecule has 0 saturated heterocycles. The molecular formula is C15H16BrNOS. The van der Waals surface area contributed by atoms with E-state index in [4.69, 9.17) is 0 Å². The highest BCUT2D eigenvalue weighted by Gasteiger charge is 2.13. The molecule has 0 bridgehead atoms. The van der Waals surface area contributed by atoms with Crippen LogP contribution in [-0.4, -0.2) is 17.9 Å². The topological polar surface area (TPSA) is 20.3 Å². The predicted octanol–water partition coefficient (Wildman–Crippen LogP) is 4.35. The van der Waals surface area contributed by atoms with Crippen molar-refractivity contribution in [3.63, 3.8) is 0 Å². The van der Waals surface area contributed by atoms with E-state index < -0.39 is 0 Å². The lowest BCUT2D eigenvalue weighted by Crippen LogP contribution is -2.25. The number of rotatable bonds is 4. The van der Waals surface area contributed by atoms with Gasteiger partial charge in [0, 0.05) is 19.0 Å². The highest BCUT2D eigenvalue weighted by atomic mass is 79.9. The van der Waals surface area contributed by atoms with Gasteiger partial charge < -0.3 is 4.90 Å². The molecule has 100 valence electrons. The van der Waals surface area contributed by atoms with Gasteiger partial charge in [0.05, 0.1) is 9.35 Å². The summed E-state index contributed by atoms with van der Waals surface area (Å²) in [5, 5.41) is 1.88. The second-order valence-electron chi connectivity index (χ2n) is 4.47. The first kappa shape index (κ1) is 14.3. The van der Waals surface area contributed by atoms with Gasteiger partial charge in [0.2, 0.25) is 0 Å². The fourth-order valence-corrected chi connectivity index (χ4v) is 3.00. The Morgan fingerprint density at radius 3 is 2.42 bits per heavy atom. The van der Waals surface area contributed by atoms with Crippen LogP contribution in [0.15, 0.2) is 39.5 Å². The number of amides is 1. The molecular weight excluding hydrogens is 322 g/mol. The van der Waals surface area contributed by atoms with E-state index in [1.165, 1.54) is 16.9 Å². The van der Waals surface area contributed by atoms with Crippen molar-refractivity contribution in [1.29, 1.82) is 0 Å². The van der Waals surface area contributed by atoms with Crippen LogP contribution in [0.3, 0.4) is 0 Å². The monoisotopic (exact) mass is 337 g/mol. The van der Waals surface area contributed by atoms with E-state index in [1.54, 1.807) is 4.90 Å². The molecule has 0 N–H and O–H groups in total. The van der Waals surface area contributed by atoms with Crippen LogP contribution >= 0.6 is 27.3 Å². The van der Waals surface area contributed by atoms with E-state index in [-0.39, 0.29) is 5.91 Å². The first-order valence-corrected chi connectivity index (χ1v) is 7.84. The van der Waals surface area contributed by atoms with Crippen molar-refractivity contribution < 1.29 is 4.79 Å². The molecule has 2 nitrogen and oxygen atoms in total. The molecule has 0 aliphatic carbocycles. The molecule has 0 radical (unpaired) electrons. The summed E-state index contributed by atoms with van der Waals surface area (Å²) in [6.45, 7) is 2.77. The maximum Gasteiger partial charge on any atom is 0.254 e.